The van der Waals surface area contributed by atoms with Gasteiger partial charge in [-0.2, -0.15) is 0 Å². The molecule has 0 aliphatic rings. The zero-order valence-electron chi connectivity index (χ0n) is 12.0. The fourth-order valence-electron chi connectivity index (χ4n) is 2.17. The second-order valence-electron chi connectivity index (χ2n) is 4.80. The summed E-state index contributed by atoms with van der Waals surface area (Å²) in [5.74, 6) is 1.63. The standard InChI is InChI=1S/C18H22O2/c1-19-17-13-7-8-14-18(17)20-15-9-3-6-12-16-10-4-2-5-11-16/h2,4-5,7-8,10-11,13-14H,3,6,9,12,15H2,1H3. The Balaban J connectivity index is 1.62. The molecule has 0 aliphatic carbocycles. The van der Waals surface area contributed by atoms with Gasteiger partial charge in [0.05, 0.1) is 13.7 Å². The Kier molecular flexibility index (Phi) is 5.97. The Bertz CT molecular complexity index is 494. The summed E-state index contributed by atoms with van der Waals surface area (Å²) < 4.78 is 11.0. The first kappa shape index (κ1) is 14.4. The van der Waals surface area contributed by atoms with Crippen molar-refractivity contribution in [3.63, 3.8) is 0 Å². The molecule has 0 saturated heterocycles. The topological polar surface area (TPSA) is 18.5 Å². The molecule has 0 aromatic heterocycles. The first-order valence-electron chi connectivity index (χ1n) is 7.20. The summed E-state index contributed by atoms with van der Waals surface area (Å²) in [6.45, 7) is 0.745. The maximum atomic E-state index is 5.76. The lowest BCUT2D eigenvalue weighted by Gasteiger charge is -2.10. The zero-order chi connectivity index (χ0) is 14.0. The van der Waals surface area contributed by atoms with E-state index in [4.69, 9.17) is 9.47 Å². The predicted molar refractivity (Wildman–Crippen MR) is 82.5 cm³/mol. The molecule has 0 atom stereocenters. The molecule has 20 heavy (non-hydrogen) atoms. The van der Waals surface area contributed by atoms with Gasteiger partial charge in [-0.25, -0.2) is 0 Å². The van der Waals surface area contributed by atoms with Crippen LogP contribution in [0.3, 0.4) is 0 Å². The van der Waals surface area contributed by atoms with E-state index in [1.165, 1.54) is 18.4 Å². The number of ether oxygens (including phenoxy) is 2. The Morgan fingerprint density at radius 1 is 0.750 bits per heavy atom. The highest BCUT2D eigenvalue weighted by Gasteiger charge is 2.01. The molecule has 0 bridgehead atoms. The van der Waals surface area contributed by atoms with Gasteiger partial charge in [0, 0.05) is 0 Å². The number of benzene rings is 2. The molecule has 2 aromatic rings. The van der Waals surface area contributed by atoms with Gasteiger partial charge in [0.25, 0.3) is 0 Å². The van der Waals surface area contributed by atoms with Crippen molar-refractivity contribution in [1.82, 2.24) is 0 Å². The number of unbranched alkanes of at least 4 members (excludes halogenated alkanes) is 2. The van der Waals surface area contributed by atoms with Crippen LogP contribution in [0.4, 0.5) is 0 Å². The normalized spacial score (nSPS) is 10.2. The number of hydrogen-bond acceptors (Lipinski definition) is 2. The molecule has 0 radical (unpaired) electrons. The van der Waals surface area contributed by atoms with Crippen molar-refractivity contribution in [2.75, 3.05) is 13.7 Å². The Morgan fingerprint density at radius 2 is 1.45 bits per heavy atom. The third kappa shape index (κ3) is 4.61. The molecule has 0 fully saturated rings. The first-order chi connectivity index (χ1) is 9.90. The summed E-state index contributed by atoms with van der Waals surface area (Å²) in [6.07, 6.45) is 4.61. The molecular formula is C18H22O2. The van der Waals surface area contributed by atoms with Gasteiger partial charge >= 0.3 is 0 Å². The van der Waals surface area contributed by atoms with E-state index >= 15 is 0 Å². The molecule has 0 heterocycles. The van der Waals surface area contributed by atoms with Crippen LogP contribution in [0.15, 0.2) is 54.6 Å². The molecule has 0 saturated carbocycles. The van der Waals surface area contributed by atoms with Crippen LogP contribution in [0.1, 0.15) is 24.8 Å². The minimum atomic E-state index is 0.745. The Hall–Kier alpha value is -1.96. The molecule has 2 rings (SSSR count). The molecule has 106 valence electrons. The van der Waals surface area contributed by atoms with E-state index in [-0.39, 0.29) is 0 Å². The highest BCUT2D eigenvalue weighted by Crippen LogP contribution is 2.25. The van der Waals surface area contributed by atoms with Crippen LogP contribution in [0, 0.1) is 0 Å². The van der Waals surface area contributed by atoms with Crippen molar-refractivity contribution in [3.8, 4) is 11.5 Å². The van der Waals surface area contributed by atoms with Gasteiger partial charge < -0.3 is 9.47 Å². The van der Waals surface area contributed by atoms with Crippen LogP contribution in [0.2, 0.25) is 0 Å². The van der Waals surface area contributed by atoms with Crippen LogP contribution in [-0.4, -0.2) is 13.7 Å². The van der Waals surface area contributed by atoms with Gasteiger partial charge in [-0.05, 0) is 43.4 Å². The monoisotopic (exact) mass is 270 g/mol. The second kappa shape index (κ2) is 8.26. The minimum absolute atomic E-state index is 0.745. The lowest BCUT2D eigenvalue weighted by atomic mass is 10.1. The predicted octanol–water partition coefficient (Wildman–Crippen LogP) is 4.49. The smallest absolute Gasteiger partial charge is 0.161 e. The molecule has 0 unspecified atom stereocenters. The van der Waals surface area contributed by atoms with Gasteiger partial charge in [-0.1, -0.05) is 42.5 Å². The van der Waals surface area contributed by atoms with E-state index in [2.05, 4.69) is 30.3 Å². The van der Waals surface area contributed by atoms with E-state index in [1.807, 2.05) is 24.3 Å². The number of para-hydroxylation sites is 2. The van der Waals surface area contributed by atoms with Crippen LogP contribution >= 0.6 is 0 Å². The zero-order valence-corrected chi connectivity index (χ0v) is 12.0. The summed E-state index contributed by atoms with van der Waals surface area (Å²) in [5, 5.41) is 0. The van der Waals surface area contributed by atoms with E-state index in [0.29, 0.717) is 0 Å². The number of methoxy groups -OCH3 is 1. The molecule has 0 spiro atoms. The second-order valence-corrected chi connectivity index (χ2v) is 4.80. The van der Waals surface area contributed by atoms with Crippen molar-refractivity contribution in [2.24, 2.45) is 0 Å². The van der Waals surface area contributed by atoms with Gasteiger partial charge in [0.1, 0.15) is 0 Å². The third-order valence-corrected chi connectivity index (χ3v) is 3.28. The minimum Gasteiger partial charge on any atom is -0.493 e. The molecule has 2 nitrogen and oxygen atoms in total. The fourth-order valence-corrected chi connectivity index (χ4v) is 2.17. The van der Waals surface area contributed by atoms with Crippen LogP contribution < -0.4 is 9.47 Å². The van der Waals surface area contributed by atoms with E-state index < -0.39 is 0 Å². The van der Waals surface area contributed by atoms with Crippen molar-refractivity contribution in [3.05, 3.63) is 60.2 Å². The molecule has 0 N–H and O–H groups in total. The number of rotatable bonds is 8. The van der Waals surface area contributed by atoms with Crippen molar-refractivity contribution >= 4 is 0 Å². The van der Waals surface area contributed by atoms with Crippen LogP contribution in [0.5, 0.6) is 11.5 Å². The van der Waals surface area contributed by atoms with Crippen LogP contribution in [0.25, 0.3) is 0 Å². The Morgan fingerprint density at radius 3 is 2.20 bits per heavy atom. The van der Waals surface area contributed by atoms with Gasteiger partial charge in [0.15, 0.2) is 11.5 Å². The highest BCUT2D eigenvalue weighted by molar-refractivity contribution is 5.39. The highest BCUT2D eigenvalue weighted by atomic mass is 16.5. The fraction of sp³-hybridized carbons (Fsp3) is 0.333. The van der Waals surface area contributed by atoms with Gasteiger partial charge in [0.2, 0.25) is 0 Å². The lowest BCUT2D eigenvalue weighted by Crippen LogP contribution is -1.99. The lowest BCUT2D eigenvalue weighted by molar-refractivity contribution is 0.285. The van der Waals surface area contributed by atoms with Crippen molar-refractivity contribution in [1.29, 1.82) is 0 Å². The van der Waals surface area contributed by atoms with E-state index in [9.17, 15) is 0 Å². The molecular weight excluding hydrogens is 248 g/mol. The van der Waals surface area contributed by atoms with Gasteiger partial charge in [-0.15, -0.1) is 0 Å². The first-order valence-corrected chi connectivity index (χ1v) is 7.20. The summed E-state index contributed by atoms with van der Waals surface area (Å²) in [6, 6.07) is 18.4. The molecule has 0 aliphatic heterocycles. The number of hydrogen-bond donors (Lipinski definition) is 0. The summed E-state index contributed by atoms with van der Waals surface area (Å²) in [4.78, 5) is 0. The average molecular weight is 270 g/mol. The summed E-state index contributed by atoms with van der Waals surface area (Å²) in [5.41, 5.74) is 1.41. The molecule has 0 amide bonds. The van der Waals surface area contributed by atoms with Gasteiger partial charge in [-0.3, -0.25) is 0 Å². The number of aryl methyl sites for hydroxylation is 1. The maximum Gasteiger partial charge on any atom is 0.161 e. The SMILES string of the molecule is COc1ccccc1OCCCCCc1ccccc1. The van der Waals surface area contributed by atoms with Crippen molar-refractivity contribution < 1.29 is 9.47 Å². The average Bonchev–Trinajstić information content (AvgIpc) is 2.52. The third-order valence-electron chi connectivity index (χ3n) is 3.28. The summed E-state index contributed by atoms with van der Waals surface area (Å²) in [7, 11) is 1.67. The molecule has 2 heteroatoms. The molecule has 2 aromatic carbocycles. The maximum absolute atomic E-state index is 5.76. The van der Waals surface area contributed by atoms with Crippen molar-refractivity contribution in [2.45, 2.75) is 25.7 Å². The van der Waals surface area contributed by atoms with Crippen LogP contribution in [-0.2, 0) is 6.42 Å². The Labute approximate surface area is 121 Å². The summed E-state index contributed by atoms with van der Waals surface area (Å²) >= 11 is 0. The van der Waals surface area contributed by atoms with E-state index in [1.54, 1.807) is 7.11 Å². The van der Waals surface area contributed by atoms with E-state index in [0.717, 1.165) is 30.9 Å². The largest absolute Gasteiger partial charge is 0.493 e. The quantitative estimate of drug-likeness (QED) is 0.658.